The summed E-state index contributed by atoms with van der Waals surface area (Å²) in [6, 6.07) is 5.65. The molecular formula is C18H24FN5O2. The van der Waals surface area contributed by atoms with Crippen LogP contribution in [0.1, 0.15) is 25.6 Å². The largest absolute Gasteiger partial charge is 0.338 e. The molecule has 1 saturated heterocycles. The molecule has 1 fully saturated rings. The van der Waals surface area contributed by atoms with Crippen LogP contribution in [0, 0.1) is 5.82 Å². The standard InChI is InChI=1S/C18H24FN5O2/c1-3-16-21-17(26-22-16)12-23-7-9-24(10-8-23)13(2)18(25)20-15-6-4-5-14(19)11-15/h4-6,11,13H,3,7-10,12H2,1-2H3,(H,20,25). The molecule has 0 bridgehead atoms. The van der Waals surface area contributed by atoms with Gasteiger partial charge in [-0.15, -0.1) is 0 Å². The molecule has 1 amide bonds. The molecule has 140 valence electrons. The summed E-state index contributed by atoms with van der Waals surface area (Å²) in [6.07, 6.45) is 0.759. The van der Waals surface area contributed by atoms with Crippen molar-refractivity contribution in [2.75, 3.05) is 31.5 Å². The third-order valence-electron chi connectivity index (χ3n) is 4.61. The van der Waals surface area contributed by atoms with Gasteiger partial charge in [0.1, 0.15) is 5.82 Å². The predicted molar refractivity (Wildman–Crippen MR) is 95.0 cm³/mol. The Labute approximate surface area is 152 Å². The molecule has 2 aromatic rings. The fourth-order valence-corrected chi connectivity index (χ4v) is 2.98. The smallest absolute Gasteiger partial charge is 0.241 e. The van der Waals surface area contributed by atoms with Gasteiger partial charge in [0, 0.05) is 38.3 Å². The van der Waals surface area contributed by atoms with E-state index in [1.54, 1.807) is 12.1 Å². The van der Waals surface area contributed by atoms with Gasteiger partial charge in [-0.3, -0.25) is 14.6 Å². The predicted octanol–water partition coefficient (Wildman–Crippen LogP) is 1.92. The molecule has 2 heterocycles. The first-order valence-corrected chi connectivity index (χ1v) is 8.89. The van der Waals surface area contributed by atoms with Crippen molar-refractivity contribution in [3.63, 3.8) is 0 Å². The zero-order valence-electron chi connectivity index (χ0n) is 15.1. The van der Waals surface area contributed by atoms with E-state index in [9.17, 15) is 9.18 Å². The van der Waals surface area contributed by atoms with E-state index in [1.807, 2.05) is 13.8 Å². The van der Waals surface area contributed by atoms with Crippen molar-refractivity contribution in [3.05, 3.63) is 41.8 Å². The zero-order chi connectivity index (χ0) is 18.5. The van der Waals surface area contributed by atoms with Crippen LogP contribution in [0.2, 0.25) is 0 Å². The molecule has 0 spiro atoms. The number of carbonyl (C=O) groups excluding carboxylic acids is 1. The Hall–Kier alpha value is -2.32. The highest BCUT2D eigenvalue weighted by molar-refractivity contribution is 5.94. The lowest BCUT2D eigenvalue weighted by Crippen LogP contribution is -2.52. The topological polar surface area (TPSA) is 74.5 Å². The molecule has 0 radical (unpaired) electrons. The number of aromatic nitrogens is 2. The molecule has 0 saturated carbocycles. The van der Waals surface area contributed by atoms with E-state index in [2.05, 4.69) is 25.3 Å². The second-order valence-electron chi connectivity index (χ2n) is 6.45. The van der Waals surface area contributed by atoms with E-state index in [0.717, 1.165) is 38.4 Å². The van der Waals surface area contributed by atoms with Crippen LogP contribution >= 0.6 is 0 Å². The first-order valence-electron chi connectivity index (χ1n) is 8.89. The second kappa shape index (κ2) is 8.37. The van der Waals surface area contributed by atoms with Gasteiger partial charge in [-0.1, -0.05) is 18.1 Å². The maximum atomic E-state index is 13.2. The third-order valence-corrected chi connectivity index (χ3v) is 4.61. The van der Waals surface area contributed by atoms with Gasteiger partial charge >= 0.3 is 0 Å². The molecule has 26 heavy (non-hydrogen) atoms. The Balaban J connectivity index is 1.48. The number of aryl methyl sites for hydroxylation is 1. The lowest BCUT2D eigenvalue weighted by atomic mass is 10.2. The Morgan fingerprint density at radius 2 is 2.12 bits per heavy atom. The van der Waals surface area contributed by atoms with Crippen LogP contribution in [0.25, 0.3) is 0 Å². The number of benzene rings is 1. The summed E-state index contributed by atoms with van der Waals surface area (Å²) in [4.78, 5) is 21.1. The number of nitrogens with zero attached hydrogens (tertiary/aromatic N) is 4. The quantitative estimate of drug-likeness (QED) is 0.847. The first-order chi connectivity index (χ1) is 12.5. The van der Waals surface area contributed by atoms with Crippen molar-refractivity contribution < 1.29 is 13.7 Å². The molecule has 0 aliphatic carbocycles. The molecule has 7 nitrogen and oxygen atoms in total. The van der Waals surface area contributed by atoms with Crippen molar-refractivity contribution in [3.8, 4) is 0 Å². The molecule has 1 atom stereocenters. The molecular weight excluding hydrogens is 337 g/mol. The number of rotatable bonds is 6. The summed E-state index contributed by atoms with van der Waals surface area (Å²) >= 11 is 0. The van der Waals surface area contributed by atoms with Crippen molar-refractivity contribution in [1.29, 1.82) is 0 Å². The van der Waals surface area contributed by atoms with E-state index in [-0.39, 0.29) is 17.8 Å². The Kier molecular flexibility index (Phi) is 5.95. The van der Waals surface area contributed by atoms with Crippen LogP contribution in [0.4, 0.5) is 10.1 Å². The summed E-state index contributed by atoms with van der Waals surface area (Å²) in [5.74, 6) is 0.860. The fraction of sp³-hybridized carbons (Fsp3) is 0.500. The Bertz CT molecular complexity index is 743. The van der Waals surface area contributed by atoms with Crippen LogP contribution < -0.4 is 5.32 Å². The highest BCUT2D eigenvalue weighted by atomic mass is 19.1. The summed E-state index contributed by atoms with van der Waals surface area (Å²) in [5.41, 5.74) is 0.476. The molecule has 1 unspecified atom stereocenters. The number of hydrogen-bond acceptors (Lipinski definition) is 6. The number of hydrogen-bond donors (Lipinski definition) is 1. The van der Waals surface area contributed by atoms with Gasteiger partial charge in [-0.2, -0.15) is 4.98 Å². The Morgan fingerprint density at radius 3 is 2.77 bits per heavy atom. The number of amides is 1. The van der Waals surface area contributed by atoms with Crippen LogP contribution in [0.15, 0.2) is 28.8 Å². The number of anilines is 1. The van der Waals surface area contributed by atoms with E-state index >= 15 is 0 Å². The summed E-state index contributed by atoms with van der Waals surface area (Å²) < 4.78 is 18.5. The van der Waals surface area contributed by atoms with Gasteiger partial charge < -0.3 is 9.84 Å². The maximum Gasteiger partial charge on any atom is 0.241 e. The lowest BCUT2D eigenvalue weighted by molar-refractivity contribution is -0.121. The molecule has 1 aromatic carbocycles. The summed E-state index contributed by atoms with van der Waals surface area (Å²) in [7, 11) is 0. The number of halogens is 1. The van der Waals surface area contributed by atoms with Gasteiger partial charge in [0.05, 0.1) is 12.6 Å². The average Bonchev–Trinajstić information content (AvgIpc) is 3.09. The van der Waals surface area contributed by atoms with E-state index in [4.69, 9.17) is 4.52 Å². The minimum atomic E-state index is -0.365. The van der Waals surface area contributed by atoms with E-state index in [1.165, 1.54) is 12.1 Å². The van der Waals surface area contributed by atoms with Crippen molar-refractivity contribution >= 4 is 11.6 Å². The molecule has 8 heteroatoms. The average molecular weight is 361 g/mol. The lowest BCUT2D eigenvalue weighted by Gasteiger charge is -2.36. The molecule has 3 rings (SSSR count). The molecule has 1 N–H and O–H groups in total. The van der Waals surface area contributed by atoms with Gasteiger partial charge in [0.25, 0.3) is 0 Å². The van der Waals surface area contributed by atoms with E-state index < -0.39 is 0 Å². The molecule has 1 aliphatic heterocycles. The third kappa shape index (κ3) is 4.64. The summed E-state index contributed by atoms with van der Waals surface area (Å²) in [6.45, 7) is 7.67. The summed E-state index contributed by atoms with van der Waals surface area (Å²) in [5, 5.41) is 6.68. The highest BCUT2D eigenvalue weighted by Crippen LogP contribution is 2.13. The number of nitrogens with one attached hydrogen (secondary N) is 1. The molecule has 1 aliphatic rings. The second-order valence-corrected chi connectivity index (χ2v) is 6.45. The normalized spacial score (nSPS) is 17.2. The fourth-order valence-electron chi connectivity index (χ4n) is 2.98. The van der Waals surface area contributed by atoms with Crippen LogP contribution in [-0.2, 0) is 17.8 Å². The van der Waals surface area contributed by atoms with Gasteiger partial charge in [0.2, 0.25) is 11.8 Å². The van der Waals surface area contributed by atoms with Gasteiger partial charge in [-0.05, 0) is 25.1 Å². The first kappa shape index (κ1) is 18.5. The minimum absolute atomic E-state index is 0.131. The number of carbonyl (C=O) groups is 1. The minimum Gasteiger partial charge on any atom is -0.338 e. The van der Waals surface area contributed by atoms with Crippen LogP contribution in [-0.4, -0.2) is 58.1 Å². The van der Waals surface area contributed by atoms with Crippen LogP contribution in [0.5, 0.6) is 0 Å². The van der Waals surface area contributed by atoms with Crippen LogP contribution in [0.3, 0.4) is 0 Å². The van der Waals surface area contributed by atoms with Crippen molar-refractivity contribution in [2.24, 2.45) is 0 Å². The van der Waals surface area contributed by atoms with Gasteiger partial charge in [-0.25, -0.2) is 4.39 Å². The monoisotopic (exact) mass is 361 g/mol. The highest BCUT2D eigenvalue weighted by Gasteiger charge is 2.26. The van der Waals surface area contributed by atoms with Crippen molar-refractivity contribution in [2.45, 2.75) is 32.9 Å². The molecule has 1 aromatic heterocycles. The Morgan fingerprint density at radius 1 is 1.35 bits per heavy atom. The SMILES string of the molecule is CCc1noc(CN2CCN(C(C)C(=O)Nc3cccc(F)c3)CC2)n1. The maximum absolute atomic E-state index is 13.2. The van der Waals surface area contributed by atoms with Gasteiger partial charge in [0.15, 0.2) is 5.82 Å². The number of piperazine rings is 1. The van der Waals surface area contributed by atoms with E-state index in [0.29, 0.717) is 18.1 Å². The zero-order valence-corrected chi connectivity index (χ0v) is 15.1. The van der Waals surface area contributed by atoms with Crippen molar-refractivity contribution in [1.82, 2.24) is 19.9 Å².